The van der Waals surface area contributed by atoms with Crippen LogP contribution < -0.4 is 11.4 Å². The molecule has 1 aliphatic rings. The van der Waals surface area contributed by atoms with Gasteiger partial charge < -0.3 is 20.7 Å². The molecule has 0 amide bonds. The third-order valence-electron chi connectivity index (χ3n) is 3.34. The van der Waals surface area contributed by atoms with Crippen molar-refractivity contribution in [1.82, 2.24) is 9.55 Å². The molecule has 0 bridgehead atoms. The van der Waals surface area contributed by atoms with Crippen LogP contribution >= 0.6 is 0 Å². The Labute approximate surface area is 122 Å². The number of anilines is 1. The number of nitrogens with zero attached hydrogens (tertiary/aromatic N) is 2. The molecule has 1 aromatic rings. The van der Waals surface area contributed by atoms with E-state index in [9.17, 15) is 9.90 Å². The maximum Gasteiger partial charge on any atom is 0.351 e. The van der Waals surface area contributed by atoms with Crippen LogP contribution in [0, 0.1) is 11.8 Å². The average Bonchev–Trinajstić information content (AvgIpc) is 2.82. The van der Waals surface area contributed by atoms with E-state index in [0.29, 0.717) is 12.0 Å². The number of aliphatic hydroxyl groups excluding tert-OH is 2. The van der Waals surface area contributed by atoms with Crippen molar-refractivity contribution in [3.63, 3.8) is 0 Å². The largest absolute Gasteiger partial charge is 0.394 e. The van der Waals surface area contributed by atoms with Crippen molar-refractivity contribution in [2.45, 2.75) is 44.6 Å². The molecule has 1 aliphatic heterocycles. The Kier molecular flexibility index (Phi) is 4.96. The molecule has 7 nitrogen and oxygen atoms in total. The van der Waals surface area contributed by atoms with E-state index in [-0.39, 0.29) is 18.8 Å². The van der Waals surface area contributed by atoms with Crippen LogP contribution in [0.1, 0.15) is 31.6 Å². The van der Waals surface area contributed by atoms with Gasteiger partial charge in [-0.25, -0.2) is 4.79 Å². The minimum Gasteiger partial charge on any atom is -0.394 e. The summed E-state index contributed by atoms with van der Waals surface area (Å²) in [6, 6.07) is 0. The minimum atomic E-state index is -0.812. The molecule has 1 fully saturated rings. The van der Waals surface area contributed by atoms with Crippen LogP contribution in [0.3, 0.4) is 0 Å². The number of ether oxygens (including phenoxy) is 1. The van der Waals surface area contributed by atoms with Crippen molar-refractivity contribution in [2.75, 3.05) is 12.3 Å². The van der Waals surface area contributed by atoms with E-state index in [1.54, 1.807) is 6.20 Å². The van der Waals surface area contributed by atoms with E-state index in [2.05, 4.69) is 16.8 Å². The summed E-state index contributed by atoms with van der Waals surface area (Å²) in [5.41, 5.74) is 5.82. The first-order valence-corrected chi connectivity index (χ1v) is 6.84. The fourth-order valence-electron chi connectivity index (χ4n) is 2.20. The van der Waals surface area contributed by atoms with Crippen LogP contribution in [0.4, 0.5) is 5.82 Å². The van der Waals surface area contributed by atoms with Crippen molar-refractivity contribution < 1.29 is 14.9 Å². The third-order valence-corrected chi connectivity index (χ3v) is 3.34. The molecule has 2 rings (SSSR count). The molecule has 0 spiro atoms. The van der Waals surface area contributed by atoms with Gasteiger partial charge >= 0.3 is 5.69 Å². The van der Waals surface area contributed by atoms with Crippen LogP contribution in [-0.2, 0) is 11.2 Å². The Morgan fingerprint density at radius 3 is 2.95 bits per heavy atom. The molecule has 2 heterocycles. The lowest BCUT2D eigenvalue weighted by molar-refractivity contribution is -0.0459. The maximum absolute atomic E-state index is 11.9. The highest BCUT2D eigenvalue weighted by Gasteiger charge is 2.35. The van der Waals surface area contributed by atoms with Crippen LogP contribution in [0.15, 0.2) is 11.0 Å². The molecule has 0 aliphatic carbocycles. The molecule has 21 heavy (non-hydrogen) atoms. The van der Waals surface area contributed by atoms with E-state index in [1.165, 1.54) is 4.57 Å². The van der Waals surface area contributed by atoms with Crippen molar-refractivity contribution in [2.24, 2.45) is 0 Å². The lowest BCUT2D eigenvalue weighted by Gasteiger charge is -2.15. The van der Waals surface area contributed by atoms with E-state index in [1.807, 2.05) is 6.92 Å². The number of aliphatic hydroxyl groups is 2. The summed E-state index contributed by atoms with van der Waals surface area (Å²) in [6.45, 7) is 1.64. The summed E-state index contributed by atoms with van der Waals surface area (Å²) >= 11 is 0. The van der Waals surface area contributed by atoms with Gasteiger partial charge in [0.25, 0.3) is 0 Å². The molecular weight excluding hydrogens is 274 g/mol. The zero-order valence-electron chi connectivity index (χ0n) is 11.8. The maximum atomic E-state index is 11.9. The quantitative estimate of drug-likeness (QED) is 0.643. The van der Waals surface area contributed by atoms with Gasteiger partial charge in [0.1, 0.15) is 18.1 Å². The average molecular weight is 293 g/mol. The highest BCUT2D eigenvalue weighted by Crippen LogP contribution is 2.27. The first kappa shape index (κ1) is 15.5. The molecule has 0 unspecified atom stereocenters. The zero-order valence-corrected chi connectivity index (χ0v) is 11.8. The summed E-state index contributed by atoms with van der Waals surface area (Å²) in [5.74, 6) is 6.02. The lowest BCUT2D eigenvalue weighted by atomic mass is 10.2. The van der Waals surface area contributed by atoms with E-state index >= 15 is 0 Å². The zero-order chi connectivity index (χ0) is 15.4. The Morgan fingerprint density at radius 1 is 1.57 bits per heavy atom. The standard InChI is InChI=1S/C14H19N3O4/c1-2-3-4-5-9-7-17(14(20)16-13(9)15)12-6-10(19)11(8-18)21-12/h7,10-12,18-19H,2,5-6,8H2,1H3,(H2,15,16,20)/t10-,11+,12+/m0/s1. The number of aromatic nitrogens is 2. The molecule has 0 aromatic carbocycles. The second-order valence-corrected chi connectivity index (χ2v) is 4.84. The smallest absolute Gasteiger partial charge is 0.351 e. The van der Waals surface area contributed by atoms with Crippen LogP contribution in [0.25, 0.3) is 0 Å². The predicted molar refractivity (Wildman–Crippen MR) is 76.3 cm³/mol. The van der Waals surface area contributed by atoms with Gasteiger partial charge in [-0.1, -0.05) is 12.8 Å². The van der Waals surface area contributed by atoms with Crippen molar-refractivity contribution in [3.05, 3.63) is 22.2 Å². The van der Waals surface area contributed by atoms with Crippen molar-refractivity contribution >= 4 is 5.82 Å². The second-order valence-electron chi connectivity index (χ2n) is 4.84. The number of nitrogen functional groups attached to an aromatic ring is 1. The van der Waals surface area contributed by atoms with Gasteiger partial charge in [0.2, 0.25) is 0 Å². The van der Waals surface area contributed by atoms with Gasteiger partial charge in [0, 0.05) is 31.0 Å². The van der Waals surface area contributed by atoms with Crippen LogP contribution in [-0.4, -0.2) is 38.6 Å². The first-order valence-electron chi connectivity index (χ1n) is 6.84. The topological polar surface area (TPSA) is 111 Å². The van der Waals surface area contributed by atoms with Crippen LogP contribution in [0.2, 0.25) is 0 Å². The number of nitrogens with two attached hydrogens (primary N) is 1. The van der Waals surface area contributed by atoms with Gasteiger partial charge in [-0.15, -0.1) is 5.92 Å². The Hall–Kier alpha value is -1.88. The van der Waals surface area contributed by atoms with Gasteiger partial charge in [-0.05, 0) is 0 Å². The second kappa shape index (κ2) is 6.72. The summed E-state index contributed by atoms with van der Waals surface area (Å²) < 4.78 is 6.75. The van der Waals surface area contributed by atoms with Crippen molar-refractivity contribution in [1.29, 1.82) is 0 Å². The normalized spacial score (nSPS) is 24.6. The molecule has 3 atom stereocenters. The molecule has 1 saturated heterocycles. The van der Waals surface area contributed by atoms with Gasteiger partial charge in [0.15, 0.2) is 0 Å². The Bertz CT molecular complexity index is 617. The highest BCUT2D eigenvalue weighted by atomic mass is 16.5. The van der Waals surface area contributed by atoms with Crippen molar-refractivity contribution in [3.8, 4) is 11.8 Å². The number of hydrogen-bond donors (Lipinski definition) is 3. The Balaban J connectivity index is 2.28. The molecule has 7 heteroatoms. The molecule has 0 saturated carbocycles. The summed E-state index contributed by atoms with van der Waals surface area (Å²) in [4.78, 5) is 15.7. The van der Waals surface area contributed by atoms with Crippen LogP contribution in [0.5, 0.6) is 0 Å². The molecule has 0 radical (unpaired) electrons. The lowest BCUT2D eigenvalue weighted by Crippen LogP contribution is -2.29. The van der Waals surface area contributed by atoms with Gasteiger partial charge in [0.05, 0.1) is 12.7 Å². The van der Waals surface area contributed by atoms with E-state index < -0.39 is 24.1 Å². The SMILES string of the molecule is CCC#CCc1cn([C@H]2C[C@H](O)[C@@H](CO)O2)c(=O)nc1N. The fourth-order valence-corrected chi connectivity index (χ4v) is 2.20. The summed E-state index contributed by atoms with van der Waals surface area (Å²) in [6.07, 6.45) is 0.753. The third kappa shape index (κ3) is 3.42. The molecule has 114 valence electrons. The van der Waals surface area contributed by atoms with E-state index in [0.717, 1.165) is 6.42 Å². The number of hydrogen-bond acceptors (Lipinski definition) is 6. The minimum absolute atomic E-state index is 0.152. The summed E-state index contributed by atoms with van der Waals surface area (Å²) in [5, 5.41) is 18.8. The van der Waals surface area contributed by atoms with Gasteiger partial charge in [-0.3, -0.25) is 4.57 Å². The predicted octanol–water partition coefficient (Wildman–Crippen LogP) is -0.578. The molecule has 1 aromatic heterocycles. The number of rotatable bonds is 3. The monoisotopic (exact) mass is 293 g/mol. The van der Waals surface area contributed by atoms with E-state index in [4.69, 9.17) is 15.6 Å². The molecule has 4 N–H and O–H groups in total. The molecular formula is C14H19N3O4. The Morgan fingerprint density at radius 2 is 2.33 bits per heavy atom. The fraction of sp³-hybridized carbons (Fsp3) is 0.571. The summed E-state index contributed by atoms with van der Waals surface area (Å²) in [7, 11) is 0. The first-order chi connectivity index (χ1) is 10.1. The highest BCUT2D eigenvalue weighted by molar-refractivity contribution is 5.39. The van der Waals surface area contributed by atoms with Gasteiger partial charge in [-0.2, -0.15) is 4.98 Å².